The van der Waals surface area contributed by atoms with Crippen molar-refractivity contribution in [3.05, 3.63) is 42.5 Å². The fourth-order valence-electron chi connectivity index (χ4n) is 4.75. The van der Waals surface area contributed by atoms with E-state index in [0.717, 1.165) is 31.0 Å². The minimum absolute atomic E-state index is 0.0960. The smallest absolute Gasteiger partial charge is 0.241 e. The zero-order valence-electron chi connectivity index (χ0n) is 15.7. The van der Waals surface area contributed by atoms with Crippen LogP contribution < -0.4 is 10.9 Å². The lowest BCUT2D eigenvalue weighted by Crippen LogP contribution is -2.45. The summed E-state index contributed by atoms with van der Waals surface area (Å²) < 4.78 is 2.09. The molecule has 1 saturated carbocycles. The van der Waals surface area contributed by atoms with Gasteiger partial charge in [0.15, 0.2) is 0 Å². The van der Waals surface area contributed by atoms with Crippen molar-refractivity contribution in [2.45, 2.75) is 38.3 Å². The summed E-state index contributed by atoms with van der Waals surface area (Å²) in [7, 11) is 0. The van der Waals surface area contributed by atoms with Crippen LogP contribution in [0.25, 0.3) is 5.69 Å². The van der Waals surface area contributed by atoms with Gasteiger partial charge in [-0.15, -0.1) is 10.2 Å². The summed E-state index contributed by atoms with van der Waals surface area (Å²) in [5.74, 6) is 3.22. The Morgan fingerprint density at radius 2 is 1.89 bits per heavy atom. The monoisotopic (exact) mass is 366 g/mol. The molecule has 1 aromatic carbocycles. The van der Waals surface area contributed by atoms with Crippen molar-refractivity contribution < 1.29 is 4.79 Å². The van der Waals surface area contributed by atoms with Gasteiger partial charge in [-0.1, -0.05) is 32.0 Å². The number of amides is 1. The molecule has 1 aromatic heterocycles. The molecule has 3 aliphatic rings. The van der Waals surface area contributed by atoms with E-state index >= 15 is 0 Å². The first-order valence-corrected chi connectivity index (χ1v) is 9.88. The van der Waals surface area contributed by atoms with Crippen LogP contribution in [0, 0.1) is 17.8 Å². The number of rotatable bonds is 4. The molecule has 3 heterocycles. The largest absolute Gasteiger partial charge is 0.341 e. The van der Waals surface area contributed by atoms with E-state index in [-0.39, 0.29) is 11.9 Å². The molecule has 7 nitrogen and oxygen atoms in total. The average molecular weight is 366 g/mol. The quantitative estimate of drug-likeness (QED) is 0.854. The first-order valence-electron chi connectivity index (χ1n) is 9.88. The molecular formula is C20H26N6O. The van der Waals surface area contributed by atoms with Gasteiger partial charge >= 0.3 is 0 Å². The van der Waals surface area contributed by atoms with E-state index in [1.54, 1.807) is 6.33 Å². The molecule has 7 heteroatoms. The third kappa shape index (κ3) is 2.85. The number of carbonyl (C=O) groups is 1. The Hall–Kier alpha value is -2.25. The maximum Gasteiger partial charge on any atom is 0.241 e. The van der Waals surface area contributed by atoms with E-state index in [4.69, 9.17) is 0 Å². The van der Waals surface area contributed by atoms with Gasteiger partial charge in [0.1, 0.15) is 18.2 Å². The zero-order valence-corrected chi connectivity index (χ0v) is 15.7. The highest BCUT2D eigenvalue weighted by molar-refractivity contribution is 5.82. The average Bonchev–Trinajstić information content (AvgIpc) is 3.21. The summed E-state index contributed by atoms with van der Waals surface area (Å²) in [5.41, 5.74) is 7.56. The summed E-state index contributed by atoms with van der Waals surface area (Å²) in [4.78, 5) is 14.9. The molecule has 142 valence electrons. The lowest BCUT2D eigenvalue weighted by Gasteiger charge is -2.23. The number of hydrogen-bond acceptors (Lipinski definition) is 5. The predicted octanol–water partition coefficient (Wildman–Crippen LogP) is 1.33. The highest BCUT2D eigenvalue weighted by atomic mass is 16.2. The molecule has 27 heavy (non-hydrogen) atoms. The Balaban J connectivity index is 1.24. The number of piperidine rings is 1. The first kappa shape index (κ1) is 16.9. The van der Waals surface area contributed by atoms with Crippen LogP contribution in [0.4, 0.5) is 0 Å². The van der Waals surface area contributed by atoms with E-state index in [9.17, 15) is 4.79 Å². The molecule has 4 unspecified atom stereocenters. The van der Waals surface area contributed by atoms with Crippen LogP contribution in [-0.4, -0.2) is 50.7 Å². The van der Waals surface area contributed by atoms with E-state index < -0.39 is 0 Å². The number of nitrogens with zero attached hydrogens (tertiary/aromatic N) is 4. The maximum absolute atomic E-state index is 12.9. The van der Waals surface area contributed by atoms with Crippen LogP contribution in [0.1, 0.15) is 32.0 Å². The number of aromatic nitrogens is 3. The second-order valence-corrected chi connectivity index (χ2v) is 8.42. The lowest BCUT2D eigenvalue weighted by molar-refractivity contribution is -0.132. The standard InChI is InChI=1S/C20H26N6O/c1-12(2)16-8-17(23-22-16)20(27)25-9-14-15(10-25)18(14)19-24-21-11-26(19)13-6-4-3-5-7-13/h3-7,11-12,14-18,22-23H,8-10H2,1-2H3. The highest BCUT2D eigenvalue weighted by Crippen LogP contribution is 2.57. The molecule has 3 fully saturated rings. The lowest BCUT2D eigenvalue weighted by atomic mass is 9.99. The van der Waals surface area contributed by atoms with Crippen molar-refractivity contribution in [2.24, 2.45) is 17.8 Å². The molecule has 0 bridgehead atoms. The third-order valence-electron chi connectivity index (χ3n) is 6.45. The van der Waals surface area contributed by atoms with Gasteiger partial charge in [-0.2, -0.15) is 0 Å². The van der Waals surface area contributed by atoms with Gasteiger partial charge < -0.3 is 4.90 Å². The molecule has 2 aromatic rings. The number of fused-ring (bicyclic) bond motifs is 1. The SMILES string of the molecule is CC(C)C1CC(C(=O)N2CC3C(C2)C3c2nncn2-c2ccccc2)NN1. The van der Waals surface area contributed by atoms with Crippen molar-refractivity contribution in [2.75, 3.05) is 13.1 Å². The highest BCUT2D eigenvalue weighted by Gasteiger charge is 2.59. The minimum atomic E-state index is -0.0960. The second kappa shape index (κ2) is 6.42. The fourth-order valence-corrected chi connectivity index (χ4v) is 4.75. The van der Waals surface area contributed by atoms with E-state index in [1.807, 2.05) is 23.1 Å². The van der Waals surface area contributed by atoms with Gasteiger partial charge in [-0.05, 0) is 36.3 Å². The summed E-state index contributed by atoms with van der Waals surface area (Å²) in [6.45, 7) is 6.04. The molecule has 0 radical (unpaired) electrons. The Bertz CT molecular complexity index is 822. The summed E-state index contributed by atoms with van der Waals surface area (Å²) in [6.07, 6.45) is 2.66. The van der Waals surface area contributed by atoms with Crippen molar-refractivity contribution in [1.29, 1.82) is 0 Å². The molecule has 1 amide bonds. The Morgan fingerprint density at radius 3 is 2.56 bits per heavy atom. The minimum Gasteiger partial charge on any atom is -0.341 e. The van der Waals surface area contributed by atoms with E-state index in [1.165, 1.54) is 0 Å². The number of hydrogen-bond donors (Lipinski definition) is 2. The Kier molecular flexibility index (Phi) is 4.02. The normalized spacial score (nSPS) is 32.1. The zero-order chi connectivity index (χ0) is 18.5. The summed E-state index contributed by atoms with van der Waals surface area (Å²) in [6, 6.07) is 10.5. The molecular weight excluding hydrogens is 340 g/mol. The molecule has 2 saturated heterocycles. The number of likely N-dealkylation sites (tertiary alicyclic amines) is 1. The van der Waals surface area contributed by atoms with Crippen molar-refractivity contribution in [3.8, 4) is 5.69 Å². The predicted molar refractivity (Wildman–Crippen MR) is 101 cm³/mol. The maximum atomic E-state index is 12.9. The van der Waals surface area contributed by atoms with Gasteiger partial charge in [0.2, 0.25) is 5.91 Å². The van der Waals surface area contributed by atoms with Crippen LogP contribution in [0.5, 0.6) is 0 Å². The molecule has 4 atom stereocenters. The number of carbonyl (C=O) groups excluding carboxylic acids is 1. The van der Waals surface area contributed by atoms with Crippen molar-refractivity contribution in [1.82, 2.24) is 30.5 Å². The second-order valence-electron chi connectivity index (χ2n) is 8.42. The van der Waals surface area contributed by atoms with Crippen LogP contribution in [-0.2, 0) is 4.79 Å². The van der Waals surface area contributed by atoms with Gasteiger partial charge in [0.25, 0.3) is 0 Å². The van der Waals surface area contributed by atoms with E-state index in [0.29, 0.717) is 29.7 Å². The van der Waals surface area contributed by atoms with Crippen LogP contribution in [0.3, 0.4) is 0 Å². The number of hydrazine groups is 1. The van der Waals surface area contributed by atoms with Crippen LogP contribution in [0.15, 0.2) is 36.7 Å². The number of nitrogens with one attached hydrogen (secondary N) is 2. The summed E-state index contributed by atoms with van der Waals surface area (Å²) in [5, 5.41) is 8.54. The molecule has 2 aliphatic heterocycles. The fraction of sp³-hybridized carbons (Fsp3) is 0.550. The molecule has 2 N–H and O–H groups in total. The first-order chi connectivity index (χ1) is 13.1. The molecule has 5 rings (SSSR count). The van der Waals surface area contributed by atoms with Crippen molar-refractivity contribution >= 4 is 5.91 Å². The van der Waals surface area contributed by atoms with Crippen molar-refractivity contribution in [3.63, 3.8) is 0 Å². The summed E-state index contributed by atoms with van der Waals surface area (Å²) >= 11 is 0. The topological polar surface area (TPSA) is 75.1 Å². The van der Waals surface area contributed by atoms with Crippen LogP contribution in [0.2, 0.25) is 0 Å². The number of benzene rings is 1. The van der Waals surface area contributed by atoms with Crippen LogP contribution >= 0.6 is 0 Å². The van der Waals surface area contributed by atoms with Gasteiger partial charge in [-0.3, -0.25) is 14.8 Å². The molecule has 0 spiro atoms. The van der Waals surface area contributed by atoms with E-state index in [2.05, 4.69) is 51.6 Å². The Labute approximate surface area is 159 Å². The van der Waals surface area contributed by atoms with Gasteiger partial charge in [0.05, 0.1) is 0 Å². The third-order valence-corrected chi connectivity index (χ3v) is 6.45. The van der Waals surface area contributed by atoms with Gasteiger partial charge in [0, 0.05) is 30.7 Å². The Morgan fingerprint density at radius 1 is 1.15 bits per heavy atom. The molecule has 1 aliphatic carbocycles. The van der Waals surface area contributed by atoms with Gasteiger partial charge in [-0.25, -0.2) is 5.43 Å². The number of para-hydroxylation sites is 1.